The van der Waals surface area contributed by atoms with Crippen LogP contribution in [0.4, 0.5) is 0 Å². The van der Waals surface area contributed by atoms with Crippen molar-refractivity contribution >= 4 is 0 Å². The molecule has 0 aromatic rings. The fourth-order valence-electron chi connectivity index (χ4n) is 7.43. The lowest BCUT2D eigenvalue weighted by atomic mass is 9.60. The molecule has 0 bridgehead atoms. The molecule has 3 aliphatic carbocycles. The Balaban J connectivity index is 1.65. The molecule has 0 saturated heterocycles. The minimum absolute atomic E-state index is 0.198. The van der Waals surface area contributed by atoms with Gasteiger partial charge in [-0.3, -0.25) is 0 Å². The zero-order chi connectivity index (χ0) is 24.2. The zero-order valence-electron chi connectivity index (χ0n) is 21.8. The Hall–Kier alpha value is -0.900. The second-order valence-corrected chi connectivity index (χ2v) is 12.4. The van der Waals surface area contributed by atoms with Gasteiger partial charge in [0.1, 0.15) is 0 Å². The molecule has 0 spiro atoms. The summed E-state index contributed by atoms with van der Waals surface area (Å²) in [5, 5.41) is 29.8. The highest BCUT2D eigenvalue weighted by molar-refractivity contribution is 5.37. The van der Waals surface area contributed by atoms with Gasteiger partial charge in [0.05, 0.1) is 11.7 Å². The fraction of sp³-hybridized carbons (Fsp3) is 0.800. The maximum Gasteiger partial charge on any atom is 0.0611 e. The predicted octanol–water partition coefficient (Wildman–Crippen LogP) is 6.73. The summed E-state index contributed by atoms with van der Waals surface area (Å²) < 4.78 is 0. The third-order valence-corrected chi connectivity index (χ3v) is 9.34. The SMILES string of the molecule is C=C1C[C@H](CCCO)[C@H](O)C/C1=C/C=C1/CCC[C@]2(C)[C@@H]([C@H](C)CCCC(C)(C)O)CC[C@@H]12. The second kappa shape index (κ2) is 11.2. The topological polar surface area (TPSA) is 60.7 Å². The molecule has 188 valence electrons. The van der Waals surface area contributed by atoms with Crippen molar-refractivity contribution in [3.8, 4) is 0 Å². The summed E-state index contributed by atoms with van der Waals surface area (Å²) >= 11 is 0. The molecule has 0 aliphatic heterocycles. The predicted molar refractivity (Wildman–Crippen MR) is 138 cm³/mol. The average molecular weight is 459 g/mol. The Morgan fingerprint density at radius 2 is 1.94 bits per heavy atom. The van der Waals surface area contributed by atoms with E-state index in [0.717, 1.165) is 38.0 Å². The van der Waals surface area contributed by atoms with E-state index in [1.165, 1.54) is 49.7 Å². The maximum atomic E-state index is 10.6. The van der Waals surface area contributed by atoms with E-state index < -0.39 is 5.60 Å². The smallest absolute Gasteiger partial charge is 0.0611 e. The molecule has 0 aromatic heterocycles. The largest absolute Gasteiger partial charge is 0.396 e. The normalized spacial score (nSPS) is 36.4. The summed E-state index contributed by atoms with van der Waals surface area (Å²) in [4.78, 5) is 0. The number of rotatable bonds is 9. The molecule has 0 aromatic carbocycles. The summed E-state index contributed by atoms with van der Waals surface area (Å²) in [5.74, 6) is 2.41. The van der Waals surface area contributed by atoms with Gasteiger partial charge in [-0.2, -0.15) is 0 Å². The van der Waals surface area contributed by atoms with E-state index in [1.54, 1.807) is 5.57 Å². The van der Waals surface area contributed by atoms with E-state index in [0.29, 0.717) is 23.7 Å². The monoisotopic (exact) mass is 458 g/mol. The van der Waals surface area contributed by atoms with Gasteiger partial charge < -0.3 is 15.3 Å². The van der Waals surface area contributed by atoms with Crippen molar-refractivity contribution in [2.24, 2.45) is 29.1 Å². The lowest BCUT2D eigenvalue weighted by Gasteiger charge is -2.44. The van der Waals surface area contributed by atoms with Crippen LogP contribution >= 0.6 is 0 Å². The van der Waals surface area contributed by atoms with Gasteiger partial charge in [-0.25, -0.2) is 0 Å². The Morgan fingerprint density at radius 1 is 1.18 bits per heavy atom. The van der Waals surface area contributed by atoms with Crippen LogP contribution in [0, 0.1) is 29.1 Å². The first-order valence-electron chi connectivity index (χ1n) is 13.6. The summed E-state index contributed by atoms with van der Waals surface area (Å²) in [6.45, 7) is 13.4. The minimum Gasteiger partial charge on any atom is -0.396 e. The van der Waals surface area contributed by atoms with Crippen LogP contribution in [-0.2, 0) is 0 Å². The molecule has 3 aliphatic rings. The molecule has 6 atom stereocenters. The zero-order valence-corrected chi connectivity index (χ0v) is 21.8. The Kier molecular flexibility index (Phi) is 9.08. The van der Waals surface area contributed by atoms with Gasteiger partial charge in [0, 0.05) is 6.61 Å². The Labute approximate surface area is 203 Å². The molecule has 3 fully saturated rings. The van der Waals surface area contributed by atoms with Gasteiger partial charge in [0.15, 0.2) is 0 Å². The van der Waals surface area contributed by atoms with Crippen LogP contribution in [0.1, 0.15) is 105 Å². The van der Waals surface area contributed by atoms with Crippen molar-refractivity contribution in [2.45, 2.75) is 116 Å². The lowest BCUT2D eigenvalue weighted by Crippen LogP contribution is -2.36. The van der Waals surface area contributed by atoms with E-state index in [9.17, 15) is 10.2 Å². The number of hydrogen-bond donors (Lipinski definition) is 3. The Morgan fingerprint density at radius 3 is 2.64 bits per heavy atom. The van der Waals surface area contributed by atoms with Gasteiger partial charge in [-0.05, 0) is 113 Å². The Bertz CT molecular complexity index is 727. The van der Waals surface area contributed by atoms with E-state index in [-0.39, 0.29) is 18.6 Å². The average Bonchev–Trinajstić information content (AvgIpc) is 3.09. The van der Waals surface area contributed by atoms with Crippen LogP contribution in [0.25, 0.3) is 0 Å². The minimum atomic E-state index is -0.550. The van der Waals surface area contributed by atoms with Crippen LogP contribution in [0.5, 0.6) is 0 Å². The molecule has 3 saturated carbocycles. The number of allylic oxidation sites excluding steroid dienone is 4. The molecule has 0 amide bonds. The number of fused-ring (bicyclic) bond motifs is 1. The van der Waals surface area contributed by atoms with Crippen LogP contribution in [0.3, 0.4) is 0 Å². The summed E-state index contributed by atoms with van der Waals surface area (Å²) in [7, 11) is 0. The molecule has 0 heterocycles. The first kappa shape index (κ1) is 26.7. The second-order valence-electron chi connectivity index (χ2n) is 12.4. The first-order valence-corrected chi connectivity index (χ1v) is 13.6. The van der Waals surface area contributed by atoms with Gasteiger partial charge >= 0.3 is 0 Å². The third-order valence-electron chi connectivity index (χ3n) is 9.34. The number of hydrogen-bond acceptors (Lipinski definition) is 3. The van der Waals surface area contributed by atoms with Gasteiger partial charge in [-0.1, -0.05) is 56.6 Å². The van der Waals surface area contributed by atoms with E-state index in [2.05, 4.69) is 32.6 Å². The van der Waals surface area contributed by atoms with E-state index in [1.807, 2.05) is 13.8 Å². The molecule has 3 rings (SSSR count). The van der Waals surface area contributed by atoms with Crippen molar-refractivity contribution in [3.05, 3.63) is 35.5 Å². The molecular formula is C30H50O3. The molecule has 3 N–H and O–H groups in total. The highest BCUT2D eigenvalue weighted by Crippen LogP contribution is 2.60. The molecule has 0 unspecified atom stereocenters. The van der Waals surface area contributed by atoms with Gasteiger partial charge in [0.2, 0.25) is 0 Å². The number of aliphatic hydroxyl groups excluding tert-OH is 2. The van der Waals surface area contributed by atoms with Crippen molar-refractivity contribution in [1.29, 1.82) is 0 Å². The highest BCUT2D eigenvalue weighted by Gasteiger charge is 2.50. The first-order chi connectivity index (χ1) is 15.5. The molecular weight excluding hydrogens is 408 g/mol. The van der Waals surface area contributed by atoms with Crippen LogP contribution in [0.15, 0.2) is 35.5 Å². The summed E-state index contributed by atoms with van der Waals surface area (Å²) in [6.07, 6.45) is 17.2. The van der Waals surface area contributed by atoms with Crippen molar-refractivity contribution < 1.29 is 15.3 Å². The van der Waals surface area contributed by atoms with Crippen LogP contribution in [-0.4, -0.2) is 33.6 Å². The highest BCUT2D eigenvalue weighted by atomic mass is 16.3. The molecule has 3 heteroatoms. The number of aliphatic hydroxyl groups is 3. The fourth-order valence-corrected chi connectivity index (χ4v) is 7.43. The lowest BCUT2D eigenvalue weighted by molar-refractivity contribution is 0.0596. The van der Waals surface area contributed by atoms with Crippen molar-refractivity contribution in [1.82, 2.24) is 0 Å². The van der Waals surface area contributed by atoms with Crippen LogP contribution < -0.4 is 0 Å². The van der Waals surface area contributed by atoms with Crippen molar-refractivity contribution in [2.75, 3.05) is 6.61 Å². The van der Waals surface area contributed by atoms with E-state index in [4.69, 9.17) is 5.11 Å². The molecule has 0 radical (unpaired) electrons. The van der Waals surface area contributed by atoms with E-state index >= 15 is 0 Å². The standard InChI is InChI=1S/C30H50O3/c1-21(9-6-16-29(3,4)33)26-14-15-27-23(10-7-17-30(26,27)5)12-13-24-20-28(32)25(11-8-18-31)19-22(24)2/h12-13,21,25-28,31-33H,2,6-11,14-20H2,1,3-5H3/b23-12-,24-13-/t21-,25+,26-,27+,28-,30-/m1/s1. The van der Waals surface area contributed by atoms with Crippen LogP contribution in [0.2, 0.25) is 0 Å². The summed E-state index contributed by atoms with van der Waals surface area (Å²) in [6, 6.07) is 0. The maximum absolute atomic E-state index is 10.6. The van der Waals surface area contributed by atoms with Gasteiger partial charge in [-0.15, -0.1) is 0 Å². The van der Waals surface area contributed by atoms with Crippen molar-refractivity contribution in [3.63, 3.8) is 0 Å². The summed E-state index contributed by atoms with van der Waals surface area (Å²) in [5.41, 5.74) is 3.86. The third kappa shape index (κ3) is 6.61. The molecule has 33 heavy (non-hydrogen) atoms. The van der Waals surface area contributed by atoms with Gasteiger partial charge in [0.25, 0.3) is 0 Å². The quantitative estimate of drug-likeness (QED) is 0.359. The molecule has 3 nitrogen and oxygen atoms in total.